The number of ketones is 1. The van der Waals surface area contributed by atoms with Crippen molar-refractivity contribution >= 4 is 28.2 Å². The van der Waals surface area contributed by atoms with Crippen LogP contribution in [0.2, 0.25) is 0 Å². The SMILES string of the molecule is Cc1cc(Nc2ncnc3cc(O[C@H]4CCOC4)c(CC(=O)/C(F)=C/CN4C[C@@H]5OCCO[C@H]5C4)cc23)ccc1F. The van der Waals surface area contributed by atoms with E-state index < -0.39 is 11.6 Å². The number of likely N-dealkylation sites (tertiary alicyclic amines) is 1. The van der Waals surface area contributed by atoms with Crippen LogP contribution in [0.4, 0.5) is 20.3 Å². The predicted octanol–water partition coefficient (Wildman–Crippen LogP) is 4.05. The van der Waals surface area contributed by atoms with Gasteiger partial charge in [-0.3, -0.25) is 9.69 Å². The lowest BCUT2D eigenvalue weighted by Crippen LogP contribution is -2.36. The lowest BCUT2D eigenvalue weighted by Gasteiger charge is -2.24. The van der Waals surface area contributed by atoms with Gasteiger partial charge in [0.15, 0.2) is 11.6 Å². The number of benzene rings is 2. The average Bonchev–Trinajstić information content (AvgIpc) is 3.64. The van der Waals surface area contributed by atoms with Gasteiger partial charge >= 0.3 is 0 Å². The van der Waals surface area contributed by atoms with E-state index in [1.807, 2.05) is 4.90 Å². The Kier molecular flexibility index (Phi) is 8.20. The molecule has 0 radical (unpaired) electrons. The molecule has 6 rings (SSSR count). The lowest BCUT2D eigenvalue weighted by molar-refractivity contribution is -0.116. The number of halogens is 2. The smallest absolute Gasteiger partial charge is 0.195 e. The van der Waals surface area contributed by atoms with Crippen molar-refractivity contribution in [1.29, 1.82) is 0 Å². The summed E-state index contributed by atoms with van der Waals surface area (Å²) in [5.41, 5.74) is 2.24. The predicted molar refractivity (Wildman–Crippen MR) is 148 cm³/mol. The zero-order valence-electron chi connectivity index (χ0n) is 22.8. The summed E-state index contributed by atoms with van der Waals surface area (Å²) in [6, 6.07) is 8.17. The van der Waals surface area contributed by atoms with Crippen molar-refractivity contribution < 1.29 is 32.5 Å². The molecule has 41 heavy (non-hydrogen) atoms. The van der Waals surface area contributed by atoms with Crippen molar-refractivity contribution in [2.45, 2.75) is 38.1 Å². The van der Waals surface area contributed by atoms with Gasteiger partial charge in [-0.25, -0.2) is 18.7 Å². The van der Waals surface area contributed by atoms with Gasteiger partial charge in [0, 0.05) is 55.2 Å². The lowest BCUT2D eigenvalue weighted by atomic mass is 10.0. The Labute approximate surface area is 236 Å². The number of rotatable bonds is 9. The first kappa shape index (κ1) is 27.6. The maximum Gasteiger partial charge on any atom is 0.195 e. The molecule has 9 nitrogen and oxygen atoms in total. The molecule has 11 heteroatoms. The number of fused-ring (bicyclic) bond motifs is 2. The van der Waals surface area contributed by atoms with E-state index in [0.717, 1.165) is 0 Å². The van der Waals surface area contributed by atoms with Gasteiger partial charge < -0.3 is 24.3 Å². The molecule has 3 atom stereocenters. The largest absolute Gasteiger partial charge is 0.488 e. The number of nitrogens with zero attached hydrogens (tertiary/aromatic N) is 3. The van der Waals surface area contributed by atoms with Crippen molar-refractivity contribution in [2.24, 2.45) is 0 Å². The molecule has 0 saturated carbocycles. The molecule has 3 aliphatic heterocycles. The molecule has 1 aromatic heterocycles. The third-order valence-corrected chi connectivity index (χ3v) is 7.60. The molecule has 0 unspecified atom stereocenters. The van der Waals surface area contributed by atoms with Gasteiger partial charge in [-0.05, 0) is 42.8 Å². The van der Waals surface area contributed by atoms with Crippen LogP contribution >= 0.6 is 0 Å². The van der Waals surface area contributed by atoms with Crippen LogP contribution in [0.3, 0.4) is 0 Å². The summed E-state index contributed by atoms with van der Waals surface area (Å²) in [4.78, 5) is 23.8. The number of ether oxygens (including phenoxy) is 4. The van der Waals surface area contributed by atoms with Crippen LogP contribution in [-0.2, 0) is 25.4 Å². The van der Waals surface area contributed by atoms with Crippen LogP contribution in [0.1, 0.15) is 17.5 Å². The normalized spacial score (nSPS) is 23.1. The van der Waals surface area contributed by atoms with E-state index in [1.54, 1.807) is 31.2 Å². The Hall–Kier alpha value is -3.51. The average molecular weight is 567 g/mol. The van der Waals surface area contributed by atoms with Crippen LogP contribution in [0, 0.1) is 12.7 Å². The molecule has 0 spiro atoms. The summed E-state index contributed by atoms with van der Waals surface area (Å²) in [6.07, 6.45) is 3.04. The van der Waals surface area contributed by atoms with Crippen molar-refractivity contribution in [2.75, 3.05) is 51.4 Å². The van der Waals surface area contributed by atoms with Crippen LogP contribution in [-0.4, -0.2) is 85.0 Å². The number of aryl methyl sites for hydroxylation is 1. The molecule has 216 valence electrons. The minimum Gasteiger partial charge on any atom is -0.488 e. The van der Waals surface area contributed by atoms with Gasteiger partial charge in [-0.15, -0.1) is 0 Å². The van der Waals surface area contributed by atoms with Crippen molar-refractivity contribution in [3.05, 3.63) is 65.5 Å². The highest BCUT2D eigenvalue weighted by atomic mass is 19.1. The monoisotopic (exact) mass is 566 g/mol. The first-order valence-corrected chi connectivity index (χ1v) is 13.8. The van der Waals surface area contributed by atoms with E-state index in [2.05, 4.69) is 15.3 Å². The number of allylic oxidation sites excluding steroid dienone is 1. The molecule has 3 saturated heterocycles. The first-order valence-electron chi connectivity index (χ1n) is 13.8. The van der Waals surface area contributed by atoms with Gasteiger partial charge in [-0.1, -0.05) is 0 Å². The number of anilines is 2. The number of hydrogen-bond acceptors (Lipinski definition) is 9. The van der Waals surface area contributed by atoms with E-state index in [0.29, 0.717) is 85.2 Å². The second-order valence-corrected chi connectivity index (χ2v) is 10.6. The van der Waals surface area contributed by atoms with E-state index in [9.17, 15) is 9.18 Å². The molecule has 0 bridgehead atoms. The fraction of sp³-hybridized carbons (Fsp3) is 0.433. The maximum atomic E-state index is 15.1. The van der Waals surface area contributed by atoms with Gasteiger partial charge in [0.2, 0.25) is 0 Å². The highest BCUT2D eigenvalue weighted by Gasteiger charge is 2.36. The molecule has 0 aliphatic carbocycles. The van der Waals surface area contributed by atoms with E-state index in [1.165, 1.54) is 18.5 Å². The summed E-state index contributed by atoms with van der Waals surface area (Å²) in [5.74, 6) is -0.833. The zero-order valence-corrected chi connectivity index (χ0v) is 22.8. The van der Waals surface area contributed by atoms with Crippen LogP contribution in [0.25, 0.3) is 10.9 Å². The second-order valence-electron chi connectivity index (χ2n) is 10.6. The van der Waals surface area contributed by atoms with Gasteiger partial charge in [0.25, 0.3) is 0 Å². The summed E-state index contributed by atoms with van der Waals surface area (Å²) >= 11 is 0. The number of hydrogen-bond donors (Lipinski definition) is 1. The highest BCUT2D eigenvalue weighted by Crippen LogP contribution is 2.32. The molecule has 2 aromatic carbocycles. The van der Waals surface area contributed by atoms with Crippen LogP contribution < -0.4 is 10.1 Å². The Morgan fingerprint density at radius 1 is 1.15 bits per heavy atom. The summed E-state index contributed by atoms with van der Waals surface area (Å²) < 4.78 is 52.0. The fourth-order valence-electron chi connectivity index (χ4n) is 5.39. The summed E-state index contributed by atoms with van der Waals surface area (Å²) in [6.45, 7) is 5.39. The minimum atomic E-state index is -0.804. The quantitative estimate of drug-likeness (QED) is 0.385. The second kappa shape index (κ2) is 12.2. The number of carbonyl (C=O) groups excluding carboxylic acids is 1. The fourth-order valence-corrected chi connectivity index (χ4v) is 5.39. The van der Waals surface area contributed by atoms with E-state index in [-0.39, 0.29) is 37.1 Å². The standard InChI is InChI=1S/C30H32F2N4O5/c1-18-10-20(2-3-23(18)31)35-30-22-11-19(27(13-25(22)33-17-34-30)41-21-5-7-38-16-21)12-26(37)24(32)4-6-36-14-28-29(15-36)40-9-8-39-28/h2-4,10-11,13,17,21,28-29H,5-9,12,14-16H2,1H3,(H,33,34,35)/b24-4-/t21-,28-,29-/m0/s1. The molecule has 3 aromatic rings. The van der Waals surface area contributed by atoms with Crippen LogP contribution in [0.15, 0.2) is 48.6 Å². The minimum absolute atomic E-state index is 0.0170. The Balaban J connectivity index is 1.24. The maximum absolute atomic E-state index is 15.1. The van der Waals surface area contributed by atoms with Gasteiger partial charge in [0.05, 0.1) is 44.2 Å². The number of nitrogens with one attached hydrogen (secondary N) is 1. The third-order valence-electron chi connectivity index (χ3n) is 7.60. The Morgan fingerprint density at radius 2 is 1.95 bits per heavy atom. The topological polar surface area (TPSA) is 95.0 Å². The molecule has 0 amide bonds. The Morgan fingerprint density at radius 3 is 2.68 bits per heavy atom. The molecular formula is C30H32F2N4O5. The third kappa shape index (κ3) is 6.38. The molecule has 1 N–H and O–H groups in total. The Bertz CT molecular complexity index is 1450. The number of carbonyl (C=O) groups is 1. The first-order chi connectivity index (χ1) is 19.9. The van der Waals surface area contributed by atoms with Gasteiger partial charge in [-0.2, -0.15) is 0 Å². The van der Waals surface area contributed by atoms with Gasteiger partial charge in [0.1, 0.15) is 29.8 Å². The highest BCUT2D eigenvalue weighted by molar-refractivity contribution is 5.97. The number of aromatic nitrogens is 2. The van der Waals surface area contributed by atoms with Crippen LogP contribution in [0.5, 0.6) is 5.75 Å². The summed E-state index contributed by atoms with van der Waals surface area (Å²) in [5, 5.41) is 3.83. The van der Waals surface area contributed by atoms with E-state index >= 15 is 4.39 Å². The summed E-state index contributed by atoms with van der Waals surface area (Å²) in [7, 11) is 0. The molecular weight excluding hydrogens is 534 g/mol. The molecule has 4 heterocycles. The molecule has 3 aliphatic rings. The van der Waals surface area contributed by atoms with Crippen molar-refractivity contribution in [3.8, 4) is 5.75 Å². The number of Topliss-reactive ketones (excluding diaryl/α,β-unsaturated/α-hetero) is 1. The zero-order chi connectivity index (χ0) is 28.3. The van der Waals surface area contributed by atoms with E-state index in [4.69, 9.17) is 18.9 Å². The van der Waals surface area contributed by atoms with Crippen molar-refractivity contribution in [3.63, 3.8) is 0 Å². The van der Waals surface area contributed by atoms with Crippen molar-refractivity contribution in [1.82, 2.24) is 14.9 Å². The molecule has 3 fully saturated rings.